The Morgan fingerprint density at radius 3 is 2.56 bits per heavy atom. The van der Waals surface area contributed by atoms with Crippen LogP contribution in [0.2, 0.25) is 0 Å². The molecule has 1 atom stereocenters. The highest BCUT2D eigenvalue weighted by atomic mass is 32.2. The van der Waals surface area contributed by atoms with Crippen molar-refractivity contribution in [2.45, 2.75) is 17.9 Å². The first-order valence-electron chi connectivity index (χ1n) is 7.73. The zero-order valence-electron chi connectivity index (χ0n) is 14.0. The molecular formula is C18H19NO5S. The van der Waals surface area contributed by atoms with E-state index in [1.165, 1.54) is 18.9 Å². The van der Waals surface area contributed by atoms with Crippen molar-refractivity contribution in [1.82, 2.24) is 0 Å². The molecule has 0 saturated heterocycles. The molecule has 2 aromatic carbocycles. The maximum absolute atomic E-state index is 12.0. The van der Waals surface area contributed by atoms with Crippen LogP contribution in [-0.4, -0.2) is 30.4 Å². The van der Waals surface area contributed by atoms with Gasteiger partial charge in [0.05, 0.1) is 30.6 Å². The van der Waals surface area contributed by atoms with Crippen LogP contribution in [-0.2, 0) is 4.74 Å². The Hall–Kier alpha value is -2.54. The molecule has 0 aliphatic rings. The van der Waals surface area contributed by atoms with Gasteiger partial charge in [0.15, 0.2) is 0 Å². The first-order valence-corrected chi connectivity index (χ1v) is 8.72. The number of nitrogens with zero attached hydrogens (tertiary/aromatic N) is 1. The lowest BCUT2D eigenvalue weighted by Gasteiger charge is -2.14. The lowest BCUT2D eigenvalue weighted by molar-refractivity contribution is -0.522. The second-order valence-electron chi connectivity index (χ2n) is 5.07. The predicted molar refractivity (Wildman–Crippen MR) is 95.9 cm³/mol. The summed E-state index contributed by atoms with van der Waals surface area (Å²) in [5.74, 6) is 0.216. The van der Waals surface area contributed by atoms with E-state index in [4.69, 9.17) is 9.47 Å². The van der Waals surface area contributed by atoms with Crippen LogP contribution in [0.15, 0.2) is 53.4 Å². The van der Waals surface area contributed by atoms with Gasteiger partial charge in [-0.05, 0) is 31.2 Å². The first-order chi connectivity index (χ1) is 12.1. The van der Waals surface area contributed by atoms with Gasteiger partial charge in [-0.15, -0.1) is 11.8 Å². The quantitative estimate of drug-likeness (QED) is 0.306. The fourth-order valence-electron chi connectivity index (χ4n) is 2.34. The van der Waals surface area contributed by atoms with Gasteiger partial charge in [-0.3, -0.25) is 10.1 Å². The number of para-hydroxylation sites is 1. The molecule has 132 valence electrons. The minimum atomic E-state index is -0.948. The van der Waals surface area contributed by atoms with E-state index >= 15 is 0 Å². The molecule has 0 aliphatic heterocycles. The van der Waals surface area contributed by atoms with Crippen LogP contribution in [0.1, 0.15) is 28.9 Å². The van der Waals surface area contributed by atoms with Gasteiger partial charge in [0.1, 0.15) is 5.75 Å². The Bertz CT molecular complexity index is 750. The summed E-state index contributed by atoms with van der Waals surface area (Å²) in [4.78, 5) is 23.9. The average molecular weight is 361 g/mol. The summed E-state index contributed by atoms with van der Waals surface area (Å²) in [6.07, 6.45) is 0. The molecule has 0 bridgehead atoms. The summed E-state index contributed by atoms with van der Waals surface area (Å²) < 4.78 is 10.3. The second kappa shape index (κ2) is 9.08. The standard InChI is InChI=1S/C18H19NO5S/c1-3-24-18(20)14-9-5-7-11-17(14)25-12-15(19(21)22)13-8-4-6-10-16(13)23-2/h4-11,15H,3,12H2,1-2H3/t15-/m0/s1. The van der Waals surface area contributed by atoms with Gasteiger partial charge >= 0.3 is 5.97 Å². The number of nitro groups is 1. The van der Waals surface area contributed by atoms with Gasteiger partial charge < -0.3 is 9.47 Å². The van der Waals surface area contributed by atoms with Crippen LogP contribution in [0.25, 0.3) is 0 Å². The van der Waals surface area contributed by atoms with Crippen molar-refractivity contribution in [2.75, 3.05) is 19.5 Å². The van der Waals surface area contributed by atoms with Gasteiger partial charge in [-0.1, -0.05) is 24.3 Å². The number of benzene rings is 2. The van der Waals surface area contributed by atoms with E-state index in [-0.39, 0.29) is 17.3 Å². The molecule has 2 rings (SSSR count). The monoisotopic (exact) mass is 361 g/mol. The lowest BCUT2D eigenvalue weighted by Crippen LogP contribution is -2.15. The van der Waals surface area contributed by atoms with Gasteiger partial charge in [-0.2, -0.15) is 0 Å². The number of thioether (sulfide) groups is 1. The third kappa shape index (κ3) is 4.73. The van der Waals surface area contributed by atoms with E-state index in [2.05, 4.69) is 0 Å². The molecule has 0 saturated carbocycles. The van der Waals surface area contributed by atoms with E-state index in [9.17, 15) is 14.9 Å². The van der Waals surface area contributed by atoms with Crippen molar-refractivity contribution < 1.29 is 19.2 Å². The second-order valence-corrected chi connectivity index (χ2v) is 6.13. The van der Waals surface area contributed by atoms with Crippen molar-refractivity contribution in [3.63, 3.8) is 0 Å². The summed E-state index contributed by atoms with van der Waals surface area (Å²) in [5.41, 5.74) is 0.924. The number of methoxy groups -OCH3 is 1. The van der Waals surface area contributed by atoms with Crippen LogP contribution < -0.4 is 4.74 Å². The van der Waals surface area contributed by atoms with E-state index in [1.807, 2.05) is 0 Å². The molecule has 0 radical (unpaired) electrons. The highest BCUT2D eigenvalue weighted by Gasteiger charge is 2.27. The SMILES string of the molecule is CCOC(=O)c1ccccc1SC[C@@H](c1ccccc1OC)[N+](=O)[O-]. The largest absolute Gasteiger partial charge is 0.496 e. The van der Waals surface area contributed by atoms with E-state index in [1.54, 1.807) is 55.5 Å². The van der Waals surface area contributed by atoms with E-state index < -0.39 is 12.0 Å². The molecule has 0 aliphatic carbocycles. The number of hydrogen-bond acceptors (Lipinski definition) is 6. The van der Waals surface area contributed by atoms with Gasteiger partial charge in [0.25, 0.3) is 6.04 Å². The smallest absolute Gasteiger partial charge is 0.339 e. The number of ether oxygens (including phenoxy) is 2. The van der Waals surface area contributed by atoms with Crippen LogP contribution in [0, 0.1) is 10.1 Å². The molecule has 0 amide bonds. The van der Waals surface area contributed by atoms with Crippen molar-refractivity contribution in [1.29, 1.82) is 0 Å². The zero-order valence-corrected chi connectivity index (χ0v) is 14.8. The summed E-state index contributed by atoms with van der Waals surface area (Å²) in [6, 6.07) is 12.9. The summed E-state index contributed by atoms with van der Waals surface area (Å²) in [5, 5.41) is 11.6. The Morgan fingerprint density at radius 1 is 1.20 bits per heavy atom. The van der Waals surface area contributed by atoms with E-state index in [0.29, 0.717) is 21.8 Å². The maximum Gasteiger partial charge on any atom is 0.339 e. The van der Waals surface area contributed by atoms with Crippen molar-refractivity contribution >= 4 is 17.7 Å². The Balaban J connectivity index is 2.23. The van der Waals surface area contributed by atoms with Crippen LogP contribution in [0.5, 0.6) is 5.75 Å². The van der Waals surface area contributed by atoms with Crippen molar-refractivity contribution in [2.24, 2.45) is 0 Å². The lowest BCUT2D eigenvalue weighted by atomic mass is 10.1. The summed E-state index contributed by atoms with van der Waals surface area (Å²) in [7, 11) is 1.49. The predicted octanol–water partition coefficient (Wildman–Crippen LogP) is 3.98. The van der Waals surface area contributed by atoms with Crippen molar-refractivity contribution in [3.05, 3.63) is 69.8 Å². The number of hydrogen-bond donors (Lipinski definition) is 0. The molecule has 2 aromatic rings. The minimum absolute atomic E-state index is 0.170. The van der Waals surface area contributed by atoms with Gasteiger partial charge in [0, 0.05) is 9.82 Å². The summed E-state index contributed by atoms with van der Waals surface area (Å²) in [6.45, 7) is 2.01. The molecule has 0 fully saturated rings. The molecular weight excluding hydrogens is 342 g/mol. The topological polar surface area (TPSA) is 78.7 Å². The highest BCUT2D eigenvalue weighted by molar-refractivity contribution is 7.99. The number of carbonyl (C=O) groups is 1. The summed E-state index contributed by atoms with van der Waals surface area (Å²) >= 11 is 1.25. The fraction of sp³-hybridized carbons (Fsp3) is 0.278. The van der Waals surface area contributed by atoms with Crippen LogP contribution >= 0.6 is 11.8 Å². The Kier molecular flexibility index (Phi) is 6.82. The molecule has 0 heterocycles. The average Bonchev–Trinajstić information content (AvgIpc) is 2.62. The highest BCUT2D eigenvalue weighted by Crippen LogP contribution is 2.33. The van der Waals surface area contributed by atoms with E-state index in [0.717, 1.165) is 0 Å². The van der Waals surface area contributed by atoms with Crippen LogP contribution in [0.3, 0.4) is 0 Å². The van der Waals surface area contributed by atoms with Gasteiger partial charge in [0.2, 0.25) is 0 Å². The normalized spacial score (nSPS) is 11.6. The number of esters is 1. The molecule has 6 nitrogen and oxygen atoms in total. The molecule has 7 heteroatoms. The first kappa shape index (κ1) is 18.8. The Labute approximate surface area is 150 Å². The third-order valence-electron chi connectivity index (χ3n) is 3.53. The number of carbonyl (C=O) groups excluding carboxylic acids is 1. The molecule has 0 unspecified atom stereocenters. The van der Waals surface area contributed by atoms with Crippen molar-refractivity contribution in [3.8, 4) is 5.75 Å². The third-order valence-corrected chi connectivity index (χ3v) is 4.68. The zero-order chi connectivity index (χ0) is 18.2. The minimum Gasteiger partial charge on any atom is -0.496 e. The van der Waals surface area contributed by atoms with Gasteiger partial charge in [-0.25, -0.2) is 4.79 Å². The maximum atomic E-state index is 12.0. The fourth-order valence-corrected chi connectivity index (χ4v) is 3.46. The number of rotatable bonds is 8. The molecule has 0 spiro atoms. The molecule has 0 N–H and O–H groups in total. The Morgan fingerprint density at radius 2 is 1.88 bits per heavy atom. The molecule has 25 heavy (non-hydrogen) atoms. The molecule has 0 aromatic heterocycles. The van der Waals surface area contributed by atoms with Crippen LogP contribution in [0.4, 0.5) is 0 Å².